The molecule has 2 heterocycles. The first kappa shape index (κ1) is 8.68. The Morgan fingerprint density at radius 2 is 2.29 bits per heavy atom. The molecule has 0 saturated heterocycles. The summed E-state index contributed by atoms with van der Waals surface area (Å²) in [6, 6.07) is 1.78. The molecule has 2 aromatic rings. The molecule has 0 unspecified atom stereocenters. The van der Waals surface area contributed by atoms with Crippen molar-refractivity contribution in [3.63, 3.8) is 0 Å². The van der Waals surface area contributed by atoms with Crippen molar-refractivity contribution in [2.45, 2.75) is 6.92 Å². The van der Waals surface area contributed by atoms with E-state index >= 15 is 0 Å². The van der Waals surface area contributed by atoms with E-state index in [1.807, 2.05) is 6.92 Å². The zero-order chi connectivity index (χ0) is 10.3. The minimum Gasteiger partial charge on any atom is -0.476 e. The molecule has 0 amide bonds. The number of aryl methyl sites for hydroxylation is 2. The molecular formula is C9H9N3O2. The summed E-state index contributed by atoms with van der Waals surface area (Å²) < 4.78 is 1.47. The molecule has 0 radical (unpaired) electrons. The Bertz CT molecular complexity index is 516. The Hall–Kier alpha value is -1.91. The molecular weight excluding hydrogens is 182 g/mol. The van der Waals surface area contributed by atoms with Crippen molar-refractivity contribution in [2.24, 2.45) is 7.05 Å². The third-order valence-corrected chi connectivity index (χ3v) is 2.02. The Morgan fingerprint density at radius 3 is 2.93 bits per heavy atom. The van der Waals surface area contributed by atoms with Gasteiger partial charge in [-0.15, -0.1) is 0 Å². The van der Waals surface area contributed by atoms with Gasteiger partial charge in [0, 0.05) is 13.2 Å². The predicted molar refractivity (Wildman–Crippen MR) is 50.2 cm³/mol. The average molecular weight is 191 g/mol. The van der Waals surface area contributed by atoms with Crippen molar-refractivity contribution < 1.29 is 9.90 Å². The standard InChI is InChI=1S/C9H9N3O2/c1-5-3-6-7(9(13)14)11-12(2)8(6)10-4-5/h3-4H,1-2H3,(H,13,14). The lowest BCUT2D eigenvalue weighted by Gasteiger charge is -1.93. The fourth-order valence-corrected chi connectivity index (χ4v) is 1.40. The highest BCUT2D eigenvalue weighted by molar-refractivity contribution is 6.00. The van der Waals surface area contributed by atoms with Gasteiger partial charge in [-0.25, -0.2) is 14.5 Å². The first-order valence-electron chi connectivity index (χ1n) is 4.12. The van der Waals surface area contributed by atoms with Crippen LogP contribution in [0.2, 0.25) is 0 Å². The fourth-order valence-electron chi connectivity index (χ4n) is 1.40. The second-order valence-corrected chi connectivity index (χ2v) is 3.16. The quantitative estimate of drug-likeness (QED) is 0.729. The van der Waals surface area contributed by atoms with Crippen LogP contribution in [0.3, 0.4) is 0 Å². The molecule has 0 fully saturated rings. The Balaban J connectivity index is 2.85. The zero-order valence-corrected chi connectivity index (χ0v) is 7.85. The van der Waals surface area contributed by atoms with E-state index in [1.54, 1.807) is 19.3 Å². The molecule has 5 heteroatoms. The van der Waals surface area contributed by atoms with E-state index in [1.165, 1.54) is 4.68 Å². The number of fused-ring (bicyclic) bond motifs is 1. The van der Waals surface area contributed by atoms with Crippen LogP contribution in [-0.4, -0.2) is 25.8 Å². The van der Waals surface area contributed by atoms with Crippen LogP contribution in [0.1, 0.15) is 16.1 Å². The number of hydrogen-bond acceptors (Lipinski definition) is 3. The van der Waals surface area contributed by atoms with Gasteiger partial charge < -0.3 is 5.11 Å². The number of hydrogen-bond donors (Lipinski definition) is 1. The highest BCUT2D eigenvalue weighted by Gasteiger charge is 2.15. The molecule has 14 heavy (non-hydrogen) atoms. The van der Waals surface area contributed by atoms with Crippen LogP contribution in [0.25, 0.3) is 11.0 Å². The topological polar surface area (TPSA) is 68.0 Å². The normalized spacial score (nSPS) is 10.7. The Labute approximate surface area is 80.0 Å². The van der Waals surface area contributed by atoms with E-state index in [2.05, 4.69) is 10.1 Å². The lowest BCUT2D eigenvalue weighted by Crippen LogP contribution is -1.99. The van der Waals surface area contributed by atoms with Gasteiger partial charge in [-0.05, 0) is 18.6 Å². The van der Waals surface area contributed by atoms with Gasteiger partial charge in [-0.1, -0.05) is 0 Å². The maximum absolute atomic E-state index is 10.8. The van der Waals surface area contributed by atoms with Crippen molar-refractivity contribution in [2.75, 3.05) is 0 Å². The van der Waals surface area contributed by atoms with Crippen LogP contribution in [0.4, 0.5) is 0 Å². The second kappa shape index (κ2) is 2.80. The van der Waals surface area contributed by atoms with Gasteiger partial charge >= 0.3 is 5.97 Å². The largest absolute Gasteiger partial charge is 0.476 e. The lowest BCUT2D eigenvalue weighted by molar-refractivity contribution is 0.0691. The molecule has 0 spiro atoms. The first-order chi connectivity index (χ1) is 6.59. The van der Waals surface area contributed by atoms with Gasteiger partial charge in [0.05, 0.1) is 5.39 Å². The number of carboxylic acid groups (broad SMARTS) is 1. The maximum Gasteiger partial charge on any atom is 0.357 e. The fraction of sp³-hybridized carbons (Fsp3) is 0.222. The highest BCUT2D eigenvalue weighted by atomic mass is 16.4. The summed E-state index contributed by atoms with van der Waals surface area (Å²) in [5.74, 6) is -1.02. The Kier molecular flexibility index (Phi) is 1.73. The molecule has 2 aromatic heterocycles. The van der Waals surface area contributed by atoms with Crippen molar-refractivity contribution in [3.05, 3.63) is 23.5 Å². The van der Waals surface area contributed by atoms with Crippen LogP contribution in [0.5, 0.6) is 0 Å². The summed E-state index contributed by atoms with van der Waals surface area (Å²) >= 11 is 0. The van der Waals surface area contributed by atoms with Gasteiger partial charge in [0.15, 0.2) is 11.3 Å². The van der Waals surface area contributed by atoms with Crippen LogP contribution < -0.4 is 0 Å². The second-order valence-electron chi connectivity index (χ2n) is 3.16. The molecule has 0 aliphatic heterocycles. The molecule has 2 rings (SSSR count). The summed E-state index contributed by atoms with van der Waals surface area (Å²) in [4.78, 5) is 15.0. The van der Waals surface area contributed by atoms with E-state index < -0.39 is 5.97 Å². The zero-order valence-electron chi connectivity index (χ0n) is 7.85. The molecule has 1 N–H and O–H groups in total. The summed E-state index contributed by atoms with van der Waals surface area (Å²) in [7, 11) is 1.68. The van der Waals surface area contributed by atoms with Gasteiger partial charge in [-0.3, -0.25) is 0 Å². The van der Waals surface area contributed by atoms with Crippen molar-refractivity contribution in [1.29, 1.82) is 0 Å². The van der Waals surface area contributed by atoms with Gasteiger partial charge in [0.1, 0.15) is 0 Å². The van der Waals surface area contributed by atoms with Crippen molar-refractivity contribution in [1.82, 2.24) is 14.8 Å². The van der Waals surface area contributed by atoms with Crippen LogP contribution in [0, 0.1) is 6.92 Å². The highest BCUT2D eigenvalue weighted by Crippen LogP contribution is 2.16. The van der Waals surface area contributed by atoms with Crippen molar-refractivity contribution >= 4 is 17.0 Å². The summed E-state index contributed by atoms with van der Waals surface area (Å²) in [6.45, 7) is 1.87. The molecule has 0 aliphatic rings. The minimum atomic E-state index is -1.02. The number of rotatable bonds is 1. The SMILES string of the molecule is Cc1cnc2c(c1)c(C(=O)O)nn2C. The first-order valence-corrected chi connectivity index (χ1v) is 4.12. The number of aromatic nitrogens is 3. The predicted octanol–water partition coefficient (Wildman–Crippen LogP) is 0.975. The van der Waals surface area contributed by atoms with Gasteiger partial charge in [0.25, 0.3) is 0 Å². The molecule has 0 saturated carbocycles. The summed E-state index contributed by atoms with van der Waals surface area (Å²) in [5, 5.41) is 13.4. The molecule has 0 bridgehead atoms. The van der Waals surface area contributed by atoms with Gasteiger partial charge in [-0.2, -0.15) is 5.10 Å². The monoisotopic (exact) mass is 191 g/mol. The molecule has 0 aromatic carbocycles. The number of pyridine rings is 1. The van der Waals surface area contributed by atoms with Gasteiger partial charge in [0.2, 0.25) is 0 Å². The van der Waals surface area contributed by atoms with Crippen molar-refractivity contribution in [3.8, 4) is 0 Å². The lowest BCUT2D eigenvalue weighted by atomic mass is 10.2. The molecule has 0 atom stereocenters. The number of carboxylic acids is 1. The van der Waals surface area contributed by atoms with E-state index in [-0.39, 0.29) is 5.69 Å². The molecule has 0 aliphatic carbocycles. The van der Waals surface area contributed by atoms with Crippen LogP contribution >= 0.6 is 0 Å². The smallest absolute Gasteiger partial charge is 0.357 e. The number of carbonyl (C=O) groups is 1. The average Bonchev–Trinajstić information content (AvgIpc) is 2.43. The number of nitrogens with zero attached hydrogens (tertiary/aromatic N) is 3. The maximum atomic E-state index is 10.8. The molecule has 72 valence electrons. The van der Waals surface area contributed by atoms with Crippen LogP contribution in [0.15, 0.2) is 12.3 Å². The van der Waals surface area contributed by atoms with E-state index in [9.17, 15) is 4.79 Å². The van der Waals surface area contributed by atoms with Crippen LogP contribution in [-0.2, 0) is 7.05 Å². The number of aromatic carboxylic acids is 1. The molecule has 5 nitrogen and oxygen atoms in total. The third kappa shape index (κ3) is 1.14. The van der Waals surface area contributed by atoms with E-state index in [0.717, 1.165) is 5.56 Å². The minimum absolute atomic E-state index is 0.0544. The van der Waals surface area contributed by atoms with E-state index in [4.69, 9.17) is 5.11 Å². The summed E-state index contributed by atoms with van der Waals surface area (Å²) in [6.07, 6.45) is 1.69. The third-order valence-electron chi connectivity index (χ3n) is 2.02. The van der Waals surface area contributed by atoms with E-state index in [0.29, 0.717) is 11.0 Å². The Morgan fingerprint density at radius 1 is 1.57 bits per heavy atom. The summed E-state index contributed by atoms with van der Waals surface area (Å²) in [5.41, 5.74) is 1.57.